The Morgan fingerprint density at radius 2 is 2.26 bits per heavy atom. The molecule has 102 valence electrons. The zero-order valence-corrected chi connectivity index (χ0v) is 11.4. The molecule has 2 aromatic rings. The number of nitrogens with two attached hydrogens (primary N) is 1. The van der Waals surface area contributed by atoms with Crippen LogP contribution in [0.3, 0.4) is 0 Å². The SMILES string of the molecule is CN1CCOC(Cn2ccc3cccc(CN)c32)C1. The molecular formula is C15H21N3O. The molecule has 0 radical (unpaired) electrons. The van der Waals surface area contributed by atoms with Crippen LogP contribution in [0.5, 0.6) is 0 Å². The highest BCUT2D eigenvalue weighted by Gasteiger charge is 2.19. The van der Waals surface area contributed by atoms with E-state index >= 15 is 0 Å². The second kappa shape index (κ2) is 5.33. The van der Waals surface area contributed by atoms with E-state index in [-0.39, 0.29) is 6.10 Å². The smallest absolute Gasteiger partial charge is 0.0881 e. The Hall–Kier alpha value is -1.36. The lowest BCUT2D eigenvalue weighted by molar-refractivity contribution is -0.0269. The van der Waals surface area contributed by atoms with Crippen molar-refractivity contribution >= 4 is 10.9 Å². The first-order valence-electron chi connectivity index (χ1n) is 6.85. The fourth-order valence-corrected chi connectivity index (χ4v) is 2.85. The number of hydrogen-bond acceptors (Lipinski definition) is 3. The van der Waals surface area contributed by atoms with Crippen molar-refractivity contribution in [3.05, 3.63) is 36.0 Å². The summed E-state index contributed by atoms with van der Waals surface area (Å²) in [6, 6.07) is 8.46. The minimum absolute atomic E-state index is 0.264. The Morgan fingerprint density at radius 3 is 3.05 bits per heavy atom. The summed E-state index contributed by atoms with van der Waals surface area (Å²) < 4.78 is 8.13. The van der Waals surface area contributed by atoms with Crippen molar-refractivity contribution in [2.24, 2.45) is 5.73 Å². The van der Waals surface area contributed by atoms with Gasteiger partial charge in [0.1, 0.15) is 0 Å². The molecule has 1 unspecified atom stereocenters. The normalized spacial score (nSPS) is 21.1. The molecule has 1 aliphatic heterocycles. The van der Waals surface area contributed by atoms with Gasteiger partial charge in [0.05, 0.1) is 24.8 Å². The third-order valence-electron chi connectivity index (χ3n) is 3.83. The van der Waals surface area contributed by atoms with Crippen molar-refractivity contribution < 1.29 is 4.74 Å². The lowest BCUT2D eigenvalue weighted by atomic mass is 10.1. The van der Waals surface area contributed by atoms with Crippen LogP contribution in [-0.2, 0) is 17.8 Å². The quantitative estimate of drug-likeness (QED) is 0.907. The summed E-state index contributed by atoms with van der Waals surface area (Å²) in [4.78, 5) is 2.32. The predicted octanol–water partition coefficient (Wildman–Crippen LogP) is 1.43. The maximum Gasteiger partial charge on any atom is 0.0881 e. The van der Waals surface area contributed by atoms with Gasteiger partial charge in [-0.2, -0.15) is 0 Å². The molecule has 1 aliphatic rings. The van der Waals surface area contributed by atoms with Gasteiger partial charge < -0.3 is 19.9 Å². The van der Waals surface area contributed by atoms with Crippen molar-refractivity contribution in [2.75, 3.05) is 26.7 Å². The van der Waals surface area contributed by atoms with E-state index in [9.17, 15) is 0 Å². The van der Waals surface area contributed by atoms with Gasteiger partial charge in [-0.1, -0.05) is 18.2 Å². The highest BCUT2D eigenvalue weighted by molar-refractivity contribution is 5.83. The largest absolute Gasteiger partial charge is 0.374 e. The van der Waals surface area contributed by atoms with E-state index in [1.54, 1.807) is 0 Å². The van der Waals surface area contributed by atoms with Crippen molar-refractivity contribution in [1.82, 2.24) is 9.47 Å². The van der Waals surface area contributed by atoms with Crippen molar-refractivity contribution in [1.29, 1.82) is 0 Å². The van der Waals surface area contributed by atoms with Crippen LogP contribution in [0.15, 0.2) is 30.5 Å². The first kappa shape index (κ1) is 12.7. The first-order valence-corrected chi connectivity index (χ1v) is 6.85. The minimum Gasteiger partial charge on any atom is -0.374 e. The second-order valence-corrected chi connectivity index (χ2v) is 5.28. The number of rotatable bonds is 3. The number of para-hydroxylation sites is 1. The molecule has 1 atom stereocenters. The molecule has 0 bridgehead atoms. The van der Waals surface area contributed by atoms with Crippen LogP contribution in [-0.4, -0.2) is 42.3 Å². The van der Waals surface area contributed by atoms with Gasteiger partial charge >= 0.3 is 0 Å². The zero-order chi connectivity index (χ0) is 13.2. The molecule has 1 fully saturated rings. The molecule has 0 aliphatic carbocycles. The number of hydrogen-bond donors (Lipinski definition) is 1. The standard InChI is InChI=1S/C15H21N3O/c1-17-7-8-19-14(10-17)11-18-6-5-12-3-2-4-13(9-16)15(12)18/h2-6,14H,7-11,16H2,1H3. The molecule has 3 rings (SSSR count). The maximum atomic E-state index is 5.85. The molecule has 4 heteroatoms. The highest BCUT2D eigenvalue weighted by atomic mass is 16.5. The van der Waals surface area contributed by atoms with E-state index in [4.69, 9.17) is 10.5 Å². The number of morpholine rings is 1. The third-order valence-corrected chi connectivity index (χ3v) is 3.83. The van der Waals surface area contributed by atoms with Crippen molar-refractivity contribution in [3.63, 3.8) is 0 Å². The minimum atomic E-state index is 0.264. The Balaban J connectivity index is 1.88. The summed E-state index contributed by atoms with van der Waals surface area (Å²) in [7, 11) is 2.15. The summed E-state index contributed by atoms with van der Waals surface area (Å²) in [5.74, 6) is 0. The lowest BCUT2D eigenvalue weighted by Gasteiger charge is -2.30. The molecule has 19 heavy (non-hydrogen) atoms. The number of ether oxygens (including phenoxy) is 1. The molecule has 2 heterocycles. The van der Waals surface area contributed by atoms with Gasteiger partial charge in [0.25, 0.3) is 0 Å². The first-order chi connectivity index (χ1) is 9.28. The number of fused-ring (bicyclic) bond motifs is 1. The van der Waals surface area contributed by atoms with Crippen LogP contribution in [0.25, 0.3) is 10.9 Å². The molecule has 2 N–H and O–H groups in total. The van der Waals surface area contributed by atoms with Crippen LogP contribution in [0, 0.1) is 0 Å². The second-order valence-electron chi connectivity index (χ2n) is 5.28. The zero-order valence-electron chi connectivity index (χ0n) is 11.4. The van der Waals surface area contributed by atoms with Crippen LogP contribution in [0.2, 0.25) is 0 Å². The summed E-state index contributed by atoms with van der Waals surface area (Å²) in [6.07, 6.45) is 2.40. The monoisotopic (exact) mass is 259 g/mol. The Morgan fingerprint density at radius 1 is 1.37 bits per heavy atom. The topological polar surface area (TPSA) is 43.4 Å². The van der Waals surface area contributed by atoms with E-state index < -0.39 is 0 Å². The van der Waals surface area contributed by atoms with Gasteiger partial charge in [0, 0.05) is 25.8 Å². The van der Waals surface area contributed by atoms with E-state index in [2.05, 4.69) is 47.0 Å². The van der Waals surface area contributed by atoms with Gasteiger partial charge in [0.2, 0.25) is 0 Å². The summed E-state index contributed by atoms with van der Waals surface area (Å²) in [5, 5.41) is 1.26. The summed E-state index contributed by atoms with van der Waals surface area (Å²) in [6.45, 7) is 4.31. The van der Waals surface area contributed by atoms with Crippen LogP contribution >= 0.6 is 0 Å². The average Bonchev–Trinajstić information content (AvgIpc) is 2.82. The Bertz CT molecular complexity index is 564. The molecular weight excluding hydrogens is 238 g/mol. The Kier molecular flexibility index (Phi) is 3.55. The van der Waals surface area contributed by atoms with E-state index in [0.29, 0.717) is 6.54 Å². The fraction of sp³-hybridized carbons (Fsp3) is 0.467. The molecule has 1 saturated heterocycles. The predicted molar refractivity (Wildman–Crippen MR) is 77.1 cm³/mol. The third kappa shape index (κ3) is 2.52. The molecule has 0 spiro atoms. The maximum absolute atomic E-state index is 5.85. The molecule has 0 saturated carbocycles. The summed E-state index contributed by atoms with van der Waals surface area (Å²) >= 11 is 0. The van der Waals surface area contributed by atoms with Gasteiger partial charge in [-0.3, -0.25) is 0 Å². The number of likely N-dealkylation sites (N-methyl/N-ethyl adjacent to an activating group) is 1. The van der Waals surface area contributed by atoms with Crippen molar-refractivity contribution in [2.45, 2.75) is 19.2 Å². The fourth-order valence-electron chi connectivity index (χ4n) is 2.85. The van der Waals surface area contributed by atoms with E-state index in [0.717, 1.165) is 26.2 Å². The van der Waals surface area contributed by atoms with Gasteiger partial charge in [-0.25, -0.2) is 0 Å². The molecule has 1 aromatic heterocycles. The Labute approximate surface area is 113 Å². The van der Waals surface area contributed by atoms with E-state index in [1.807, 2.05) is 0 Å². The lowest BCUT2D eigenvalue weighted by Crippen LogP contribution is -2.41. The molecule has 0 amide bonds. The molecule has 4 nitrogen and oxygen atoms in total. The van der Waals surface area contributed by atoms with Gasteiger partial charge in [0.15, 0.2) is 0 Å². The van der Waals surface area contributed by atoms with E-state index in [1.165, 1.54) is 16.5 Å². The molecule has 1 aromatic carbocycles. The average molecular weight is 259 g/mol. The van der Waals surface area contributed by atoms with Crippen LogP contribution in [0.1, 0.15) is 5.56 Å². The van der Waals surface area contributed by atoms with Crippen LogP contribution in [0.4, 0.5) is 0 Å². The number of aromatic nitrogens is 1. The number of benzene rings is 1. The number of nitrogens with zero attached hydrogens (tertiary/aromatic N) is 2. The summed E-state index contributed by atoms with van der Waals surface area (Å²) in [5.41, 5.74) is 8.30. The van der Waals surface area contributed by atoms with Crippen molar-refractivity contribution in [3.8, 4) is 0 Å². The highest BCUT2D eigenvalue weighted by Crippen LogP contribution is 2.21. The van der Waals surface area contributed by atoms with Gasteiger partial charge in [-0.15, -0.1) is 0 Å². The van der Waals surface area contributed by atoms with Gasteiger partial charge in [-0.05, 0) is 24.1 Å². The van der Waals surface area contributed by atoms with Crippen LogP contribution < -0.4 is 5.73 Å².